The van der Waals surface area contributed by atoms with Crippen LogP contribution >= 0.6 is 23.1 Å². The van der Waals surface area contributed by atoms with Crippen molar-refractivity contribution in [3.63, 3.8) is 0 Å². The maximum Gasteiger partial charge on any atom is 0.267 e. The Morgan fingerprint density at radius 2 is 2.15 bits per heavy atom. The third-order valence-corrected chi connectivity index (χ3v) is 7.06. The molecule has 1 atom stereocenters. The quantitative estimate of drug-likeness (QED) is 0.341. The van der Waals surface area contributed by atoms with Gasteiger partial charge < -0.3 is 0 Å². The van der Waals surface area contributed by atoms with Crippen LogP contribution in [-0.4, -0.2) is 15.3 Å². The summed E-state index contributed by atoms with van der Waals surface area (Å²) in [6.45, 7) is 8.09. The fraction of sp³-hybridized carbons (Fsp3) is 0.333. The SMILES string of the molecule is C=CCSc1nc2sc3c(c2c(=O)n1-c1ccc(C)cc1)C(C)CCC3. The van der Waals surface area contributed by atoms with E-state index in [1.165, 1.54) is 22.4 Å². The first-order chi connectivity index (χ1) is 12.6. The molecule has 0 spiro atoms. The van der Waals surface area contributed by atoms with Gasteiger partial charge in [0.25, 0.3) is 5.56 Å². The Morgan fingerprint density at radius 3 is 2.88 bits per heavy atom. The van der Waals surface area contributed by atoms with Gasteiger partial charge in [0.2, 0.25) is 0 Å². The summed E-state index contributed by atoms with van der Waals surface area (Å²) in [5.41, 5.74) is 3.37. The fourth-order valence-corrected chi connectivity index (χ4v) is 5.79. The van der Waals surface area contributed by atoms with Crippen LogP contribution in [-0.2, 0) is 6.42 Å². The lowest BCUT2D eigenvalue weighted by Gasteiger charge is -2.19. The predicted molar refractivity (Wildman–Crippen MR) is 112 cm³/mol. The Kier molecular flexibility index (Phi) is 4.76. The third kappa shape index (κ3) is 2.93. The zero-order valence-electron chi connectivity index (χ0n) is 15.1. The molecule has 26 heavy (non-hydrogen) atoms. The van der Waals surface area contributed by atoms with Crippen LogP contribution in [0.3, 0.4) is 0 Å². The lowest BCUT2D eigenvalue weighted by Crippen LogP contribution is -2.22. The zero-order valence-corrected chi connectivity index (χ0v) is 16.8. The number of hydrogen-bond donors (Lipinski definition) is 0. The van der Waals surface area contributed by atoms with Gasteiger partial charge >= 0.3 is 0 Å². The molecule has 0 N–H and O–H groups in total. The number of aryl methyl sites for hydroxylation is 2. The normalized spacial score (nSPS) is 16.6. The molecule has 1 aromatic carbocycles. The summed E-state index contributed by atoms with van der Waals surface area (Å²) < 4.78 is 1.78. The van der Waals surface area contributed by atoms with E-state index in [2.05, 4.69) is 20.4 Å². The Balaban J connectivity index is 2.02. The highest BCUT2D eigenvalue weighted by Crippen LogP contribution is 2.40. The van der Waals surface area contributed by atoms with E-state index in [4.69, 9.17) is 4.98 Å². The molecule has 1 unspecified atom stereocenters. The highest BCUT2D eigenvalue weighted by molar-refractivity contribution is 7.99. The second-order valence-electron chi connectivity index (χ2n) is 6.88. The van der Waals surface area contributed by atoms with Crippen LogP contribution in [0.15, 0.2) is 46.9 Å². The first kappa shape index (κ1) is 17.6. The van der Waals surface area contributed by atoms with Crippen molar-refractivity contribution in [1.82, 2.24) is 9.55 Å². The highest BCUT2D eigenvalue weighted by atomic mass is 32.2. The van der Waals surface area contributed by atoms with E-state index in [1.54, 1.807) is 27.7 Å². The molecule has 2 heterocycles. The van der Waals surface area contributed by atoms with Gasteiger partial charge in [0.05, 0.1) is 11.1 Å². The monoisotopic (exact) mass is 382 g/mol. The number of nitrogens with zero attached hydrogens (tertiary/aromatic N) is 2. The van der Waals surface area contributed by atoms with Crippen LogP contribution in [0.4, 0.5) is 0 Å². The number of thioether (sulfide) groups is 1. The van der Waals surface area contributed by atoms with Gasteiger partial charge in [-0.15, -0.1) is 17.9 Å². The number of hydrogen-bond acceptors (Lipinski definition) is 4. The van der Waals surface area contributed by atoms with E-state index in [-0.39, 0.29) is 5.56 Å². The molecule has 0 fully saturated rings. The Bertz CT molecular complexity index is 1030. The lowest BCUT2D eigenvalue weighted by molar-refractivity contribution is 0.601. The summed E-state index contributed by atoms with van der Waals surface area (Å²) in [5.74, 6) is 1.16. The largest absolute Gasteiger partial charge is 0.268 e. The van der Waals surface area contributed by atoms with Crippen molar-refractivity contribution in [2.24, 2.45) is 0 Å². The molecule has 0 aliphatic heterocycles. The molecule has 5 heteroatoms. The average molecular weight is 383 g/mol. The first-order valence-electron chi connectivity index (χ1n) is 8.99. The summed E-state index contributed by atoms with van der Waals surface area (Å²) in [6, 6.07) is 8.09. The summed E-state index contributed by atoms with van der Waals surface area (Å²) in [5, 5.41) is 1.58. The smallest absolute Gasteiger partial charge is 0.267 e. The van der Waals surface area contributed by atoms with Crippen molar-refractivity contribution in [2.45, 2.75) is 44.2 Å². The van der Waals surface area contributed by atoms with Gasteiger partial charge in [0, 0.05) is 10.6 Å². The molecular weight excluding hydrogens is 360 g/mol. The van der Waals surface area contributed by atoms with Crippen LogP contribution < -0.4 is 5.56 Å². The minimum atomic E-state index is 0.0664. The van der Waals surface area contributed by atoms with E-state index < -0.39 is 0 Å². The third-order valence-electron chi connectivity index (χ3n) is 4.97. The van der Waals surface area contributed by atoms with E-state index >= 15 is 0 Å². The van der Waals surface area contributed by atoms with Gasteiger partial charge in [-0.3, -0.25) is 9.36 Å². The molecule has 2 aromatic heterocycles. The molecular formula is C21H22N2OS2. The van der Waals surface area contributed by atoms with Crippen LogP contribution in [0, 0.1) is 6.92 Å². The van der Waals surface area contributed by atoms with Crippen molar-refractivity contribution < 1.29 is 0 Å². The van der Waals surface area contributed by atoms with E-state index in [0.717, 1.165) is 39.7 Å². The molecule has 3 aromatic rings. The Labute approximate surface area is 161 Å². The van der Waals surface area contributed by atoms with E-state index in [9.17, 15) is 4.79 Å². The van der Waals surface area contributed by atoms with Gasteiger partial charge in [0.15, 0.2) is 5.16 Å². The summed E-state index contributed by atoms with van der Waals surface area (Å²) >= 11 is 3.27. The number of aromatic nitrogens is 2. The molecule has 3 nitrogen and oxygen atoms in total. The van der Waals surface area contributed by atoms with Crippen molar-refractivity contribution in [1.29, 1.82) is 0 Å². The molecule has 0 saturated carbocycles. The number of rotatable bonds is 4. The molecule has 0 amide bonds. The van der Waals surface area contributed by atoms with Crippen molar-refractivity contribution in [2.75, 3.05) is 5.75 Å². The van der Waals surface area contributed by atoms with E-state index in [0.29, 0.717) is 5.92 Å². The van der Waals surface area contributed by atoms with Crippen molar-refractivity contribution in [3.05, 3.63) is 63.3 Å². The van der Waals surface area contributed by atoms with Crippen LogP contribution in [0.5, 0.6) is 0 Å². The first-order valence-corrected chi connectivity index (χ1v) is 10.8. The fourth-order valence-electron chi connectivity index (χ4n) is 3.67. The van der Waals surface area contributed by atoms with Gasteiger partial charge in [-0.05, 0) is 49.8 Å². The predicted octanol–water partition coefficient (Wildman–Crippen LogP) is 5.47. The van der Waals surface area contributed by atoms with Crippen LogP contribution in [0.1, 0.15) is 41.7 Å². The second kappa shape index (κ2) is 7.05. The zero-order chi connectivity index (χ0) is 18.3. The van der Waals surface area contributed by atoms with Crippen molar-refractivity contribution in [3.8, 4) is 5.69 Å². The second-order valence-corrected chi connectivity index (χ2v) is 8.95. The highest BCUT2D eigenvalue weighted by Gasteiger charge is 2.26. The molecule has 1 aliphatic rings. The lowest BCUT2D eigenvalue weighted by atomic mass is 9.88. The van der Waals surface area contributed by atoms with Gasteiger partial charge in [0.1, 0.15) is 4.83 Å². The molecule has 0 bridgehead atoms. The standard InChI is InChI=1S/C21H22N2OS2/c1-4-12-25-21-22-19-18(17-14(3)6-5-7-16(17)26-19)20(24)23(21)15-10-8-13(2)9-11-15/h4,8-11,14H,1,5-7,12H2,2-3H3. The maximum atomic E-state index is 13.6. The minimum Gasteiger partial charge on any atom is -0.268 e. The van der Waals surface area contributed by atoms with Crippen LogP contribution in [0.25, 0.3) is 15.9 Å². The van der Waals surface area contributed by atoms with Gasteiger partial charge in [-0.25, -0.2) is 4.98 Å². The van der Waals surface area contributed by atoms with Crippen molar-refractivity contribution >= 4 is 33.3 Å². The van der Waals surface area contributed by atoms with Gasteiger partial charge in [-0.1, -0.05) is 42.5 Å². The molecule has 1 aliphatic carbocycles. The summed E-state index contributed by atoms with van der Waals surface area (Å²) in [7, 11) is 0. The molecule has 0 radical (unpaired) electrons. The molecule has 0 saturated heterocycles. The average Bonchev–Trinajstić information content (AvgIpc) is 3.01. The number of benzene rings is 1. The maximum absolute atomic E-state index is 13.6. The van der Waals surface area contributed by atoms with E-state index in [1.807, 2.05) is 30.3 Å². The minimum absolute atomic E-state index is 0.0664. The Hall–Kier alpha value is -1.85. The number of thiophene rings is 1. The molecule has 4 rings (SSSR count). The van der Waals surface area contributed by atoms with Gasteiger partial charge in [-0.2, -0.15) is 0 Å². The summed E-state index contributed by atoms with van der Waals surface area (Å²) in [4.78, 5) is 20.7. The topological polar surface area (TPSA) is 34.9 Å². The van der Waals surface area contributed by atoms with Crippen LogP contribution in [0.2, 0.25) is 0 Å². The number of fused-ring (bicyclic) bond motifs is 3. The summed E-state index contributed by atoms with van der Waals surface area (Å²) in [6.07, 6.45) is 5.27. The molecule has 134 valence electrons. The Morgan fingerprint density at radius 1 is 1.38 bits per heavy atom.